The van der Waals surface area contributed by atoms with Crippen LogP contribution in [0.5, 0.6) is 0 Å². The van der Waals surface area contributed by atoms with E-state index in [1.54, 1.807) is 6.20 Å². The molecule has 1 aromatic heterocycles. The Morgan fingerprint density at radius 1 is 1.27 bits per heavy atom. The van der Waals surface area contributed by atoms with Gasteiger partial charge in [0, 0.05) is 19.5 Å². The molecule has 1 atom stereocenters. The van der Waals surface area contributed by atoms with Gasteiger partial charge in [0.05, 0.1) is 23.1 Å². The zero-order chi connectivity index (χ0) is 18.7. The summed E-state index contributed by atoms with van der Waals surface area (Å²) in [5.41, 5.74) is 3.52. The van der Waals surface area contributed by atoms with Gasteiger partial charge in [-0.1, -0.05) is 18.2 Å². The van der Waals surface area contributed by atoms with E-state index in [1.807, 2.05) is 47.7 Å². The first-order chi connectivity index (χ1) is 12.5. The maximum absolute atomic E-state index is 13.0. The molecular formula is C20H25N3O3. The predicted molar refractivity (Wildman–Crippen MR) is 98.5 cm³/mol. The highest BCUT2D eigenvalue weighted by Gasteiger charge is 2.27. The second-order valence-corrected chi connectivity index (χ2v) is 7.03. The molecule has 1 saturated heterocycles. The van der Waals surface area contributed by atoms with Crippen molar-refractivity contribution in [2.45, 2.75) is 39.5 Å². The zero-order valence-corrected chi connectivity index (χ0v) is 15.3. The van der Waals surface area contributed by atoms with Crippen LogP contribution < -0.4 is 0 Å². The SMILES string of the molecule is Cc1ccccc1-n1ncc(C(=O)N2CCC[C@@H](CCC(=O)O)C2)c1C. The number of aryl methyl sites for hydroxylation is 1. The summed E-state index contributed by atoms with van der Waals surface area (Å²) in [4.78, 5) is 25.6. The Bertz CT molecular complexity index is 812. The summed E-state index contributed by atoms with van der Waals surface area (Å²) in [6.45, 7) is 5.28. The third-order valence-electron chi connectivity index (χ3n) is 5.16. The molecule has 1 fully saturated rings. The van der Waals surface area contributed by atoms with Crippen molar-refractivity contribution in [2.24, 2.45) is 5.92 Å². The average molecular weight is 355 g/mol. The number of carbonyl (C=O) groups is 2. The summed E-state index contributed by atoms with van der Waals surface area (Å²) < 4.78 is 1.81. The molecule has 1 aromatic carbocycles. The average Bonchev–Trinajstić information content (AvgIpc) is 3.01. The van der Waals surface area contributed by atoms with Crippen LogP contribution >= 0.6 is 0 Å². The minimum Gasteiger partial charge on any atom is -0.481 e. The Kier molecular flexibility index (Phi) is 5.40. The van der Waals surface area contributed by atoms with Gasteiger partial charge in [0.2, 0.25) is 0 Å². The second-order valence-electron chi connectivity index (χ2n) is 7.03. The van der Waals surface area contributed by atoms with Gasteiger partial charge in [0.15, 0.2) is 0 Å². The first kappa shape index (κ1) is 18.2. The monoisotopic (exact) mass is 355 g/mol. The molecular weight excluding hydrogens is 330 g/mol. The smallest absolute Gasteiger partial charge is 0.303 e. The van der Waals surface area contributed by atoms with Crippen molar-refractivity contribution in [1.29, 1.82) is 0 Å². The number of para-hydroxylation sites is 1. The van der Waals surface area contributed by atoms with Crippen LogP contribution in [-0.4, -0.2) is 44.8 Å². The normalized spacial score (nSPS) is 17.3. The van der Waals surface area contributed by atoms with E-state index in [0.29, 0.717) is 18.5 Å². The molecule has 0 spiro atoms. The molecule has 1 N–H and O–H groups in total. The number of rotatable bonds is 5. The van der Waals surface area contributed by atoms with E-state index in [9.17, 15) is 9.59 Å². The number of carboxylic acid groups (broad SMARTS) is 1. The fraction of sp³-hybridized carbons (Fsp3) is 0.450. The van der Waals surface area contributed by atoms with Crippen LogP contribution in [0, 0.1) is 19.8 Å². The minimum atomic E-state index is -0.774. The molecule has 2 aromatic rings. The summed E-state index contributed by atoms with van der Waals surface area (Å²) >= 11 is 0. The Morgan fingerprint density at radius 3 is 2.77 bits per heavy atom. The van der Waals surface area contributed by atoms with E-state index in [1.165, 1.54) is 0 Å². The fourth-order valence-electron chi connectivity index (χ4n) is 3.65. The van der Waals surface area contributed by atoms with E-state index < -0.39 is 5.97 Å². The molecule has 3 rings (SSSR count). The second kappa shape index (κ2) is 7.72. The van der Waals surface area contributed by atoms with E-state index in [2.05, 4.69) is 5.10 Å². The first-order valence-corrected chi connectivity index (χ1v) is 9.09. The number of likely N-dealkylation sites (tertiary alicyclic amines) is 1. The highest BCUT2D eigenvalue weighted by molar-refractivity contribution is 5.95. The number of hydrogen-bond donors (Lipinski definition) is 1. The lowest BCUT2D eigenvalue weighted by atomic mass is 9.93. The van der Waals surface area contributed by atoms with E-state index >= 15 is 0 Å². The number of benzene rings is 1. The Morgan fingerprint density at radius 2 is 2.04 bits per heavy atom. The van der Waals surface area contributed by atoms with Gasteiger partial charge in [0.25, 0.3) is 5.91 Å². The molecule has 0 radical (unpaired) electrons. The Hall–Kier alpha value is -2.63. The number of aromatic nitrogens is 2. The van der Waals surface area contributed by atoms with Gasteiger partial charge in [-0.3, -0.25) is 9.59 Å². The van der Waals surface area contributed by atoms with E-state index in [-0.39, 0.29) is 18.2 Å². The maximum atomic E-state index is 13.0. The van der Waals surface area contributed by atoms with Gasteiger partial charge in [-0.05, 0) is 50.7 Å². The quantitative estimate of drug-likeness (QED) is 0.894. The maximum Gasteiger partial charge on any atom is 0.303 e. The molecule has 0 aliphatic carbocycles. The van der Waals surface area contributed by atoms with Crippen molar-refractivity contribution >= 4 is 11.9 Å². The van der Waals surface area contributed by atoms with Gasteiger partial charge in [-0.2, -0.15) is 5.10 Å². The summed E-state index contributed by atoms with van der Waals surface area (Å²) in [7, 11) is 0. The summed E-state index contributed by atoms with van der Waals surface area (Å²) in [5, 5.41) is 13.3. The summed E-state index contributed by atoms with van der Waals surface area (Å²) in [5.74, 6) is -0.526. The molecule has 1 aliphatic rings. The Balaban J connectivity index is 1.76. The van der Waals surface area contributed by atoms with Crippen molar-refractivity contribution in [3.05, 3.63) is 47.3 Å². The molecule has 0 saturated carbocycles. The molecule has 6 heteroatoms. The van der Waals surface area contributed by atoms with Gasteiger partial charge in [-0.25, -0.2) is 4.68 Å². The summed E-state index contributed by atoms with van der Waals surface area (Å²) in [6.07, 6.45) is 4.34. The van der Waals surface area contributed by atoms with Crippen molar-refractivity contribution in [2.75, 3.05) is 13.1 Å². The molecule has 1 aliphatic heterocycles. The first-order valence-electron chi connectivity index (χ1n) is 9.09. The lowest BCUT2D eigenvalue weighted by Crippen LogP contribution is -2.40. The highest BCUT2D eigenvalue weighted by Crippen LogP contribution is 2.24. The van der Waals surface area contributed by atoms with Crippen LogP contribution in [0.25, 0.3) is 5.69 Å². The van der Waals surface area contributed by atoms with Crippen LogP contribution in [0.15, 0.2) is 30.5 Å². The van der Waals surface area contributed by atoms with Gasteiger partial charge in [-0.15, -0.1) is 0 Å². The summed E-state index contributed by atoms with van der Waals surface area (Å²) in [6, 6.07) is 7.96. The lowest BCUT2D eigenvalue weighted by molar-refractivity contribution is -0.137. The van der Waals surface area contributed by atoms with Crippen LogP contribution in [-0.2, 0) is 4.79 Å². The molecule has 138 valence electrons. The number of nitrogens with zero attached hydrogens (tertiary/aromatic N) is 3. The van der Waals surface area contributed by atoms with Crippen molar-refractivity contribution < 1.29 is 14.7 Å². The molecule has 2 heterocycles. The van der Waals surface area contributed by atoms with Gasteiger partial charge >= 0.3 is 5.97 Å². The number of carbonyl (C=O) groups excluding carboxylic acids is 1. The standard InChI is InChI=1S/C20H25N3O3/c1-14-6-3-4-8-18(14)23-15(2)17(12-21-23)20(26)22-11-5-7-16(13-22)9-10-19(24)25/h3-4,6,8,12,16H,5,7,9-11,13H2,1-2H3,(H,24,25)/t16-/m0/s1. The number of amides is 1. The predicted octanol–water partition coefficient (Wildman–Crippen LogP) is 3.21. The zero-order valence-electron chi connectivity index (χ0n) is 15.3. The van der Waals surface area contributed by atoms with Crippen LogP contribution in [0.1, 0.15) is 47.3 Å². The third-order valence-corrected chi connectivity index (χ3v) is 5.16. The van der Waals surface area contributed by atoms with Crippen LogP contribution in [0.4, 0.5) is 0 Å². The molecule has 26 heavy (non-hydrogen) atoms. The largest absolute Gasteiger partial charge is 0.481 e. The number of carboxylic acids is 1. The highest BCUT2D eigenvalue weighted by atomic mass is 16.4. The minimum absolute atomic E-state index is 0.0117. The lowest BCUT2D eigenvalue weighted by Gasteiger charge is -2.32. The third kappa shape index (κ3) is 3.79. The van der Waals surface area contributed by atoms with E-state index in [0.717, 1.165) is 36.3 Å². The van der Waals surface area contributed by atoms with E-state index in [4.69, 9.17) is 5.11 Å². The number of aliphatic carboxylic acids is 1. The number of piperidine rings is 1. The molecule has 0 bridgehead atoms. The van der Waals surface area contributed by atoms with Gasteiger partial charge < -0.3 is 10.0 Å². The molecule has 6 nitrogen and oxygen atoms in total. The van der Waals surface area contributed by atoms with Crippen LogP contribution in [0.2, 0.25) is 0 Å². The molecule has 1 amide bonds. The number of hydrogen-bond acceptors (Lipinski definition) is 3. The fourth-order valence-corrected chi connectivity index (χ4v) is 3.65. The van der Waals surface area contributed by atoms with Gasteiger partial charge in [0.1, 0.15) is 0 Å². The van der Waals surface area contributed by atoms with Crippen molar-refractivity contribution in [1.82, 2.24) is 14.7 Å². The Labute approximate surface area is 153 Å². The van der Waals surface area contributed by atoms with Crippen molar-refractivity contribution in [3.8, 4) is 5.69 Å². The topological polar surface area (TPSA) is 75.4 Å². The van der Waals surface area contributed by atoms with Crippen LogP contribution in [0.3, 0.4) is 0 Å². The molecule has 0 unspecified atom stereocenters. The van der Waals surface area contributed by atoms with Crippen molar-refractivity contribution in [3.63, 3.8) is 0 Å².